The highest BCUT2D eigenvalue weighted by Crippen LogP contribution is 2.50. The van der Waals surface area contributed by atoms with Gasteiger partial charge in [0.15, 0.2) is 0 Å². The zero-order valence-corrected chi connectivity index (χ0v) is 36.9. The molecule has 0 radical (unpaired) electrons. The van der Waals surface area contributed by atoms with Crippen molar-refractivity contribution < 1.29 is 65.9 Å². The van der Waals surface area contributed by atoms with Crippen molar-refractivity contribution in [3.05, 3.63) is 191 Å². The van der Waals surface area contributed by atoms with Crippen molar-refractivity contribution in [3.63, 3.8) is 0 Å². The Kier molecular flexibility index (Phi) is 11.2. The van der Waals surface area contributed by atoms with Crippen LogP contribution in [0, 0.1) is 22.7 Å². The van der Waals surface area contributed by atoms with Crippen molar-refractivity contribution in [1.29, 1.82) is 10.5 Å². The first-order chi connectivity index (χ1) is 34.8. The van der Waals surface area contributed by atoms with Crippen LogP contribution >= 0.6 is 0 Å². The number of nitriles is 2. The summed E-state index contributed by atoms with van der Waals surface area (Å²) in [6.45, 7) is 0. The van der Waals surface area contributed by atoms with Gasteiger partial charge in [-0.25, -0.2) is 0 Å². The number of aromatic nitrogens is 2. The summed E-state index contributed by atoms with van der Waals surface area (Å²) in [5, 5.41) is 22.7. The van der Waals surface area contributed by atoms with E-state index in [9.17, 15) is 63.2 Å². The molecule has 0 aliphatic heterocycles. The molecule has 4 nitrogen and oxygen atoms in total. The van der Waals surface area contributed by atoms with Gasteiger partial charge in [-0.1, -0.05) is 78.9 Å². The Bertz CT molecular complexity index is 3820. The molecule has 2 aromatic heterocycles. The van der Waals surface area contributed by atoms with E-state index in [4.69, 9.17) is 0 Å². The Morgan fingerprint density at radius 1 is 0.338 bits per heavy atom. The molecule has 0 atom stereocenters. The number of nitrogens with zero attached hydrogens (tertiary/aromatic N) is 4. The molecule has 0 spiro atoms. The SMILES string of the molecule is N#Cc1cc(-n2c3ccccc3c3ccc(-c4ccc(C(F)(F)F)cc4C(F)(F)F)cc32)c(-c2c(C#N)cccc2C(F)(F)F)c(-n2c3ccccc3c3ccc(-c4ccc(C(F)(F)F)cc4C(F)(F)F)cc32)c1. The molecule has 0 unspecified atom stereocenters. The first-order valence-electron chi connectivity index (χ1n) is 21.6. The zero-order chi connectivity index (χ0) is 53.0. The fraction of sp³-hybridized carbons (Fsp3) is 0.0909. The van der Waals surface area contributed by atoms with Crippen molar-refractivity contribution in [3.8, 4) is 56.9 Å². The van der Waals surface area contributed by atoms with E-state index >= 15 is 13.2 Å². The lowest BCUT2D eigenvalue weighted by Crippen LogP contribution is -2.12. The minimum Gasteiger partial charge on any atom is -0.308 e. The van der Waals surface area contributed by atoms with E-state index in [-0.39, 0.29) is 73.0 Å². The van der Waals surface area contributed by atoms with Crippen molar-refractivity contribution in [2.24, 2.45) is 0 Å². The predicted octanol–water partition coefficient (Wildman–Crippen LogP) is 17.7. The molecule has 10 aromatic rings. The molecular weight excluding hydrogens is 1000 g/mol. The summed E-state index contributed by atoms with van der Waals surface area (Å²) in [5.74, 6) is 0. The van der Waals surface area contributed by atoms with Gasteiger partial charge in [-0.15, -0.1) is 0 Å². The van der Waals surface area contributed by atoms with Gasteiger partial charge in [0.1, 0.15) is 0 Å². The predicted molar refractivity (Wildman–Crippen MR) is 246 cm³/mol. The third-order valence-corrected chi connectivity index (χ3v) is 12.7. The second-order valence-corrected chi connectivity index (χ2v) is 17.0. The monoisotopic (exact) mass is 1030 g/mol. The lowest BCUT2D eigenvalue weighted by Gasteiger charge is -2.24. The Morgan fingerprint density at radius 2 is 0.757 bits per heavy atom. The first kappa shape index (κ1) is 48.9. The Balaban J connectivity index is 1.38. The average molecular weight is 1030 g/mol. The number of hydrogen-bond donors (Lipinski definition) is 0. The standard InChI is InChI=1S/C55H25F15N4/c56-51(57,58)32-14-18-34(41(24-32)54(65,66)67)29-12-16-38-36-7-1-3-10-43(36)73(45(38)22-29)47-20-28(26-71)21-48(50(47)49-31(27-72)6-5-9-40(49)53(62,63)64)74-44-11-4-2-8-37(44)39-17-13-30(23-46(39)74)35-19-15-33(52(59,60)61)25-42(35)55(68,69)70/h1-25H. The highest BCUT2D eigenvalue weighted by Gasteiger charge is 2.41. The molecule has 0 aliphatic carbocycles. The van der Waals surface area contributed by atoms with E-state index in [1.54, 1.807) is 30.3 Å². The molecule has 0 saturated carbocycles. The van der Waals surface area contributed by atoms with Crippen molar-refractivity contribution in [1.82, 2.24) is 9.13 Å². The number of halogens is 15. The van der Waals surface area contributed by atoms with Gasteiger partial charge < -0.3 is 9.13 Å². The number of benzene rings is 8. The molecule has 74 heavy (non-hydrogen) atoms. The normalized spacial score (nSPS) is 12.8. The molecule has 370 valence electrons. The second-order valence-electron chi connectivity index (χ2n) is 17.0. The summed E-state index contributed by atoms with van der Waals surface area (Å²) < 4.78 is 220. The smallest absolute Gasteiger partial charge is 0.308 e. The second kappa shape index (κ2) is 16.9. The fourth-order valence-electron chi connectivity index (χ4n) is 9.65. The summed E-state index contributed by atoms with van der Waals surface area (Å²) in [6.07, 6.45) is -26.2. The fourth-order valence-corrected chi connectivity index (χ4v) is 9.65. The van der Waals surface area contributed by atoms with Gasteiger partial charge in [-0.2, -0.15) is 76.4 Å². The quantitative estimate of drug-likeness (QED) is 0.161. The molecule has 0 bridgehead atoms. The van der Waals surface area contributed by atoms with Crippen LogP contribution in [0.25, 0.3) is 88.4 Å². The minimum atomic E-state index is -5.33. The molecule has 10 rings (SSSR count). The van der Waals surface area contributed by atoms with E-state index < -0.39 is 86.5 Å². The van der Waals surface area contributed by atoms with Crippen LogP contribution in [0.15, 0.2) is 152 Å². The summed E-state index contributed by atoms with van der Waals surface area (Å²) in [5.41, 5.74) is -12.2. The first-order valence-corrected chi connectivity index (χ1v) is 21.6. The number of para-hydroxylation sites is 2. The summed E-state index contributed by atoms with van der Waals surface area (Å²) in [6, 6.07) is 30.9. The van der Waals surface area contributed by atoms with Crippen LogP contribution < -0.4 is 0 Å². The molecule has 0 amide bonds. The van der Waals surface area contributed by atoms with Crippen LogP contribution in [0.4, 0.5) is 65.9 Å². The highest BCUT2D eigenvalue weighted by atomic mass is 19.4. The van der Waals surface area contributed by atoms with Crippen LogP contribution in [0.5, 0.6) is 0 Å². The number of rotatable bonds is 5. The summed E-state index contributed by atoms with van der Waals surface area (Å²) in [4.78, 5) is 0. The molecule has 2 heterocycles. The number of hydrogen-bond acceptors (Lipinski definition) is 2. The number of fused-ring (bicyclic) bond motifs is 6. The summed E-state index contributed by atoms with van der Waals surface area (Å²) in [7, 11) is 0. The minimum absolute atomic E-state index is 0.0338. The zero-order valence-electron chi connectivity index (χ0n) is 36.9. The van der Waals surface area contributed by atoms with Crippen molar-refractivity contribution in [2.45, 2.75) is 30.9 Å². The van der Waals surface area contributed by atoms with E-state index in [2.05, 4.69) is 0 Å². The van der Waals surface area contributed by atoms with Crippen molar-refractivity contribution in [2.75, 3.05) is 0 Å². The van der Waals surface area contributed by atoms with Gasteiger partial charge in [0.25, 0.3) is 0 Å². The lowest BCUT2D eigenvalue weighted by atomic mass is 9.90. The van der Waals surface area contributed by atoms with Gasteiger partial charge in [0, 0.05) is 32.7 Å². The van der Waals surface area contributed by atoms with Crippen LogP contribution in [0.1, 0.15) is 38.9 Å². The molecule has 0 N–H and O–H groups in total. The maximum Gasteiger partial charge on any atom is 0.417 e. The molecule has 19 heteroatoms. The van der Waals surface area contributed by atoms with Crippen LogP contribution in [0.2, 0.25) is 0 Å². The van der Waals surface area contributed by atoms with Crippen LogP contribution in [-0.4, -0.2) is 9.13 Å². The van der Waals surface area contributed by atoms with Gasteiger partial charge in [0.05, 0.1) is 84.5 Å². The largest absolute Gasteiger partial charge is 0.417 e. The van der Waals surface area contributed by atoms with E-state index in [0.29, 0.717) is 41.1 Å². The maximum atomic E-state index is 15.6. The third kappa shape index (κ3) is 8.18. The Labute approximate surface area is 406 Å². The van der Waals surface area contributed by atoms with Crippen LogP contribution in [0.3, 0.4) is 0 Å². The van der Waals surface area contributed by atoms with Gasteiger partial charge in [0.2, 0.25) is 0 Å². The Morgan fingerprint density at radius 3 is 1.15 bits per heavy atom. The van der Waals surface area contributed by atoms with E-state index in [1.807, 2.05) is 6.07 Å². The lowest BCUT2D eigenvalue weighted by molar-refractivity contribution is -0.144. The topological polar surface area (TPSA) is 57.4 Å². The van der Waals surface area contributed by atoms with E-state index in [0.717, 1.165) is 12.1 Å². The molecule has 0 saturated heterocycles. The van der Waals surface area contributed by atoms with Gasteiger partial charge in [-0.05, 0) is 95.1 Å². The highest BCUT2D eigenvalue weighted by molar-refractivity contribution is 6.13. The molecular formula is C55H25F15N4. The van der Waals surface area contributed by atoms with Gasteiger partial charge >= 0.3 is 30.9 Å². The van der Waals surface area contributed by atoms with Crippen LogP contribution in [-0.2, 0) is 30.9 Å². The molecule has 0 fully saturated rings. The average Bonchev–Trinajstić information content (AvgIpc) is 3.86. The summed E-state index contributed by atoms with van der Waals surface area (Å²) >= 11 is 0. The Hall–Kier alpha value is -8.71. The third-order valence-electron chi connectivity index (χ3n) is 12.7. The number of alkyl halides is 15. The van der Waals surface area contributed by atoms with Crippen molar-refractivity contribution >= 4 is 43.6 Å². The molecule has 0 aliphatic rings. The maximum absolute atomic E-state index is 15.6. The molecule has 8 aromatic carbocycles. The van der Waals surface area contributed by atoms with Gasteiger partial charge in [-0.3, -0.25) is 0 Å². The van der Waals surface area contributed by atoms with E-state index in [1.165, 1.54) is 81.9 Å².